The van der Waals surface area contributed by atoms with Crippen LogP contribution in [-0.2, 0) is 0 Å². The van der Waals surface area contributed by atoms with Crippen molar-refractivity contribution >= 4 is 16.9 Å². The van der Waals surface area contributed by atoms with E-state index >= 15 is 0 Å². The van der Waals surface area contributed by atoms with Crippen LogP contribution in [0.15, 0.2) is 52.9 Å². The average Bonchev–Trinajstić information content (AvgIpc) is 2.77. The van der Waals surface area contributed by atoms with Gasteiger partial charge in [-0.05, 0) is 25.1 Å². The fourth-order valence-electron chi connectivity index (χ4n) is 2.21. The largest absolute Gasteiger partial charge is 0.478 e. The van der Waals surface area contributed by atoms with E-state index in [1.54, 1.807) is 24.3 Å². The van der Waals surface area contributed by atoms with Crippen molar-refractivity contribution in [1.29, 1.82) is 0 Å². The van der Waals surface area contributed by atoms with E-state index in [2.05, 4.69) is 0 Å². The number of para-hydroxylation sites is 1. The third-order valence-electron chi connectivity index (χ3n) is 3.24. The zero-order chi connectivity index (χ0) is 13.4. The van der Waals surface area contributed by atoms with Gasteiger partial charge in [-0.2, -0.15) is 0 Å². The molecule has 0 radical (unpaired) electrons. The zero-order valence-corrected chi connectivity index (χ0v) is 10.4. The van der Waals surface area contributed by atoms with Crippen LogP contribution in [0.1, 0.15) is 15.9 Å². The summed E-state index contributed by atoms with van der Waals surface area (Å²) in [7, 11) is 0. The summed E-state index contributed by atoms with van der Waals surface area (Å²) < 4.78 is 5.84. The van der Waals surface area contributed by atoms with Gasteiger partial charge in [0.2, 0.25) is 0 Å². The second-order valence-corrected chi connectivity index (χ2v) is 4.43. The molecule has 0 bridgehead atoms. The number of aryl methyl sites for hydroxylation is 1. The van der Waals surface area contributed by atoms with Gasteiger partial charge in [-0.15, -0.1) is 0 Å². The van der Waals surface area contributed by atoms with Crippen LogP contribution in [0.4, 0.5) is 0 Å². The molecule has 0 saturated heterocycles. The minimum atomic E-state index is -0.923. The monoisotopic (exact) mass is 252 g/mol. The maximum Gasteiger partial charge on any atom is 0.335 e. The number of aromatic carboxylic acids is 1. The van der Waals surface area contributed by atoms with Crippen LogP contribution in [0.2, 0.25) is 0 Å². The molecule has 2 aromatic carbocycles. The topological polar surface area (TPSA) is 50.4 Å². The molecule has 0 aliphatic carbocycles. The van der Waals surface area contributed by atoms with E-state index < -0.39 is 5.97 Å². The summed E-state index contributed by atoms with van der Waals surface area (Å²) in [5.41, 5.74) is 3.08. The van der Waals surface area contributed by atoms with Gasteiger partial charge in [0.25, 0.3) is 0 Å². The molecule has 0 aliphatic rings. The summed E-state index contributed by atoms with van der Waals surface area (Å²) in [5.74, 6) is -0.133. The molecule has 0 fully saturated rings. The SMILES string of the molecule is Cc1c(-c2ccc(C(=O)O)cc2)oc2ccccc12. The molecule has 0 unspecified atom stereocenters. The summed E-state index contributed by atoms with van der Waals surface area (Å²) in [5, 5.41) is 9.97. The number of furan rings is 1. The molecular weight excluding hydrogens is 240 g/mol. The van der Waals surface area contributed by atoms with E-state index in [0.717, 1.165) is 27.9 Å². The lowest BCUT2D eigenvalue weighted by molar-refractivity contribution is 0.0697. The van der Waals surface area contributed by atoms with E-state index in [-0.39, 0.29) is 5.56 Å². The number of benzene rings is 2. The van der Waals surface area contributed by atoms with Crippen molar-refractivity contribution in [3.8, 4) is 11.3 Å². The predicted octanol–water partition coefficient (Wildman–Crippen LogP) is 4.11. The second kappa shape index (κ2) is 4.28. The zero-order valence-electron chi connectivity index (χ0n) is 10.4. The second-order valence-electron chi connectivity index (χ2n) is 4.43. The highest BCUT2D eigenvalue weighted by atomic mass is 16.4. The first-order valence-corrected chi connectivity index (χ1v) is 5.98. The van der Waals surface area contributed by atoms with Crippen LogP contribution < -0.4 is 0 Å². The lowest BCUT2D eigenvalue weighted by Gasteiger charge is -1.99. The predicted molar refractivity (Wildman–Crippen MR) is 73.3 cm³/mol. The molecule has 1 aromatic heterocycles. The number of carboxylic acid groups (broad SMARTS) is 1. The molecule has 0 amide bonds. The van der Waals surface area contributed by atoms with E-state index in [0.29, 0.717) is 0 Å². The number of fused-ring (bicyclic) bond motifs is 1. The summed E-state index contributed by atoms with van der Waals surface area (Å²) >= 11 is 0. The van der Waals surface area contributed by atoms with Gasteiger partial charge in [-0.25, -0.2) is 4.79 Å². The van der Waals surface area contributed by atoms with Crippen molar-refractivity contribution < 1.29 is 14.3 Å². The fraction of sp³-hybridized carbons (Fsp3) is 0.0625. The van der Waals surface area contributed by atoms with Gasteiger partial charge < -0.3 is 9.52 Å². The Labute approximate surface area is 110 Å². The van der Waals surface area contributed by atoms with Gasteiger partial charge in [0.15, 0.2) is 0 Å². The number of hydrogen-bond acceptors (Lipinski definition) is 2. The maximum atomic E-state index is 10.8. The van der Waals surface area contributed by atoms with Crippen molar-refractivity contribution in [2.75, 3.05) is 0 Å². The van der Waals surface area contributed by atoms with Crippen molar-refractivity contribution in [3.63, 3.8) is 0 Å². The molecule has 0 saturated carbocycles. The lowest BCUT2D eigenvalue weighted by Crippen LogP contribution is -1.94. The van der Waals surface area contributed by atoms with Crippen LogP contribution in [0.25, 0.3) is 22.3 Å². The molecule has 19 heavy (non-hydrogen) atoms. The van der Waals surface area contributed by atoms with Crippen molar-refractivity contribution in [3.05, 3.63) is 59.7 Å². The standard InChI is InChI=1S/C16H12O3/c1-10-13-4-2-3-5-14(13)19-15(10)11-6-8-12(9-7-11)16(17)18/h2-9H,1H3,(H,17,18). The number of rotatable bonds is 2. The van der Waals surface area contributed by atoms with Crippen LogP contribution in [0.3, 0.4) is 0 Å². The van der Waals surface area contributed by atoms with Crippen LogP contribution in [0.5, 0.6) is 0 Å². The lowest BCUT2D eigenvalue weighted by atomic mass is 10.1. The van der Waals surface area contributed by atoms with Gasteiger partial charge >= 0.3 is 5.97 Å². The normalized spacial score (nSPS) is 10.8. The molecule has 0 spiro atoms. The molecule has 3 aromatic rings. The van der Waals surface area contributed by atoms with Gasteiger partial charge in [0.1, 0.15) is 11.3 Å². The molecular formula is C16H12O3. The van der Waals surface area contributed by atoms with Crippen molar-refractivity contribution in [2.24, 2.45) is 0 Å². The van der Waals surface area contributed by atoms with Crippen molar-refractivity contribution in [1.82, 2.24) is 0 Å². The van der Waals surface area contributed by atoms with E-state index in [1.165, 1.54) is 0 Å². The highest BCUT2D eigenvalue weighted by Gasteiger charge is 2.12. The smallest absolute Gasteiger partial charge is 0.335 e. The Morgan fingerprint density at radius 2 is 1.74 bits per heavy atom. The molecule has 3 rings (SSSR count). The van der Waals surface area contributed by atoms with Gasteiger partial charge in [-0.3, -0.25) is 0 Å². The third kappa shape index (κ3) is 1.89. The van der Waals surface area contributed by atoms with Crippen LogP contribution in [-0.4, -0.2) is 11.1 Å². The Morgan fingerprint density at radius 3 is 2.37 bits per heavy atom. The first-order valence-electron chi connectivity index (χ1n) is 5.98. The van der Waals surface area contributed by atoms with E-state index in [4.69, 9.17) is 9.52 Å². The Bertz CT molecular complexity index is 751. The highest BCUT2D eigenvalue weighted by molar-refractivity contribution is 5.90. The Kier molecular flexibility index (Phi) is 2.60. The summed E-state index contributed by atoms with van der Waals surface area (Å²) in [4.78, 5) is 10.8. The minimum Gasteiger partial charge on any atom is -0.478 e. The maximum absolute atomic E-state index is 10.8. The Balaban J connectivity index is 2.13. The molecule has 1 heterocycles. The number of carboxylic acids is 1. The van der Waals surface area contributed by atoms with Gasteiger partial charge in [0.05, 0.1) is 5.56 Å². The van der Waals surface area contributed by atoms with E-state index in [1.807, 2.05) is 31.2 Å². The fourth-order valence-corrected chi connectivity index (χ4v) is 2.21. The summed E-state index contributed by atoms with van der Waals surface area (Å²) in [6.07, 6.45) is 0. The summed E-state index contributed by atoms with van der Waals surface area (Å²) in [6.45, 7) is 2.01. The highest BCUT2D eigenvalue weighted by Crippen LogP contribution is 2.32. The van der Waals surface area contributed by atoms with Crippen LogP contribution >= 0.6 is 0 Å². The molecule has 0 atom stereocenters. The molecule has 1 N–H and O–H groups in total. The molecule has 3 nitrogen and oxygen atoms in total. The third-order valence-corrected chi connectivity index (χ3v) is 3.24. The Morgan fingerprint density at radius 1 is 1.05 bits per heavy atom. The minimum absolute atomic E-state index is 0.275. The van der Waals surface area contributed by atoms with Crippen LogP contribution in [0, 0.1) is 6.92 Å². The van der Waals surface area contributed by atoms with Crippen molar-refractivity contribution in [2.45, 2.75) is 6.92 Å². The molecule has 94 valence electrons. The molecule has 0 aliphatic heterocycles. The number of carbonyl (C=O) groups is 1. The average molecular weight is 252 g/mol. The summed E-state index contributed by atoms with van der Waals surface area (Å²) in [6, 6.07) is 14.6. The van der Waals surface area contributed by atoms with Gasteiger partial charge in [-0.1, -0.05) is 30.3 Å². The first kappa shape index (κ1) is 11.5. The quantitative estimate of drug-likeness (QED) is 0.746. The van der Waals surface area contributed by atoms with Gasteiger partial charge in [0, 0.05) is 16.5 Å². The number of hydrogen-bond donors (Lipinski definition) is 1. The Hall–Kier alpha value is -2.55. The first-order chi connectivity index (χ1) is 9.16. The van der Waals surface area contributed by atoms with E-state index in [9.17, 15) is 4.79 Å². The molecule has 3 heteroatoms.